The van der Waals surface area contributed by atoms with Crippen LogP contribution in [-0.4, -0.2) is 17.0 Å². The Labute approximate surface area is 86.9 Å². The SMILES string of the molecule is CCC1C(=O)Nc2cc(C(=O)O)ccc21. The average molecular weight is 205 g/mol. The minimum atomic E-state index is -0.980. The third kappa shape index (κ3) is 1.48. The number of hydrogen-bond donors (Lipinski definition) is 2. The normalized spacial score (nSPS) is 18.5. The van der Waals surface area contributed by atoms with Crippen molar-refractivity contribution in [2.45, 2.75) is 19.3 Å². The van der Waals surface area contributed by atoms with Gasteiger partial charge >= 0.3 is 5.97 Å². The van der Waals surface area contributed by atoms with E-state index in [1.54, 1.807) is 6.07 Å². The molecule has 2 rings (SSSR count). The molecule has 0 fully saturated rings. The molecule has 1 atom stereocenters. The molecule has 0 aliphatic carbocycles. The molecular formula is C11H11NO3. The molecule has 0 bridgehead atoms. The summed E-state index contributed by atoms with van der Waals surface area (Å²) in [6, 6.07) is 4.75. The summed E-state index contributed by atoms with van der Waals surface area (Å²) in [7, 11) is 0. The maximum atomic E-state index is 11.5. The van der Waals surface area contributed by atoms with E-state index in [9.17, 15) is 9.59 Å². The summed E-state index contributed by atoms with van der Waals surface area (Å²) < 4.78 is 0. The van der Waals surface area contributed by atoms with Crippen LogP contribution in [-0.2, 0) is 4.79 Å². The highest BCUT2D eigenvalue weighted by Crippen LogP contribution is 2.34. The molecule has 1 aromatic rings. The molecule has 1 aromatic carbocycles. The lowest BCUT2D eigenvalue weighted by atomic mass is 9.97. The maximum Gasteiger partial charge on any atom is 0.335 e. The van der Waals surface area contributed by atoms with E-state index in [1.165, 1.54) is 12.1 Å². The van der Waals surface area contributed by atoms with E-state index in [0.717, 1.165) is 12.0 Å². The summed E-state index contributed by atoms with van der Waals surface area (Å²) >= 11 is 0. The van der Waals surface area contributed by atoms with Crippen molar-refractivity contribution < 1.29 is 14.7 Å². The van der Waals surface area contributed by atoms with Gasteiger partial charge < -0.3 is 10.4 Å². The Kier molecular flexibility index (Phi) is 2.19. The van der Waals surface area contributed by atoms with Gasteiger partial charge in [-0.2, -0.15) is 0 Å². The summed E-state index contributed by atoms with van der Waals surface area (Å²) in [6.45, 7) is 1.93. The molecule has 0 radical (unpaired) electrons. The number of nitrogens with one attached hydrogen (secondary N) is 1. The lowest BCUT2D eigenvalue weighted by molar-refractivity contribution is -0.117. The largest absolute Gasteiger partial charge is 0.478 e. The molecular weight excluding hydrogens is 194 g/mol. The van der Waals surface area contributed by atoms with E-state index >= 15 is 0 Å². The average Bonchev–Trinajstić information content (AvgIpc) is 2.51. The quantitative estimate of drug-likeness (QED) is 0.774. The molecule has 78 valence electrons. The molecule has 1 aliphatic heterocycles. The molecule has 1 amide bonds. The first kappa shape index (κ1) is 9.71. The van der Waals surface area contributed by atoms with Gasteiger partial charge in [-0.1, -0.05) is 13.0 Å². The number of benzene rings is 1. The van der Waals surface area contributed by atoms with E-state index in [2.05, 4.69) is 5.32 Å². The van der Waals surface area contributed by atoms with Gasteiger partial charge in [0.1, 0.15) is 0 Å². The van der Waals surface area contributed by atoms with Crippen LogP contribution in [0.5, 0.6) is 0 Å². The first-order chi connectivity index (χ1) is 7.13. The third-order valence-electron chi connectivity index (χ3n) is 2.66. The van der Waals surface area contributed by atoms with E-state index in [-0.39, 0.29) is 17.4 Å². The Hall–Kier alpha value is -1.84. The van der Waals surface area contributed by atoms with Crippen molar-refractivity contribution >= 4 is 17.6 Å². The number of hydrogen-bond acceptors (Lipinski definition) is 2. The van der Waals surface area contributed by atoms with Crippen LogP contribution in [0.25, 0.3) is 0 Å². The van der Waals surface area contributed by atoms with Gasteiger partial charge in [-0.3, -0.25) is 4.79 Å². The summed E-state index contributed by atoms with van der Waals surface area (Å²) in [6.07, 6.45) is 0.727. The molecule has 0 spiro atoms. The fourth-order valence-corrected chi connectivity index (χ4v) is 1.87. The monoisotopic (exact) mass is 205 g/mol. The smallest absolute Gasteiger partial charge is 0.335 e. The maximum absolute atomic E-state index is 11.5. The second kappa shape index (κ2) is 3.38. The number of anilines is 1. The predicted molar refractivity (Wildman–Crippen MR) is 55.1 cm³/mol. The number of amides is 1. The van der Waals surface area contributed by atoms with Crippen LogP contribution in [0.1, 0.15) is 35.2 Å². The number of rotatable bonds is 2. The zero-order valence-corrected chi connectivity index (χ0v) is 8.28. The van der Waals surface area contributed by atoms with Gasteiger partial charge in [0, 0.05) is 5.69 Å². The Bertz CT molecular complexity index is 439. The van der Waals surface area contributed by atoms with E-state index in [4.69, 9.17) is 5.11 Å². The Morgan fingerprint density at radius 2 is 2.27 bits per heavy atom. The standard InChI is InChI=1S/C11H11NO3/c1-2-7-8-4-3-6(11(14)15)5-9(8)12-10(7)13/h3-5,7H,2H2,1H3,(H,12,13)(H,14,15). The third-order valence-corrected chi connectivity index (χ3v) is 2.66. The molecule has 2 N–H and O–H groups in total. The van der Waals surface area contributed by atoms with Crippen LogP contribution in [0.15, 0.2) is 18.2 Å². The van der Waals surface area contributed by atoms with Crippen LogP contribution >= 0.6 is 0 Å². The van der Waals surface area contributed by atoms with Crippen molar-refractivity contribution in [2.24, 2.45) is 0 Å². The van der Waals surface area contributed by atoms with Crippen molar-refractivity contribution in [1.82, 2.24) is 0 Å². The van der Waals surface area contributed by atoms with Crippen molar-refractivity contribution in [1.29, 1.82) is 0 Å². The zero-order valence-electron chi connectivity index (χ0n) is 8.28. The van der Waals surface area contributed by atoms with E-state index < -0.39 is 5.97 Å². The van der Waals surface area contributed by atoms with Crippen molar-refractivity contribution in [3.63, 3.8) is 0 Å². The lowest BCUT2D eigenvalue weighted by Crippen LogP contribution is -2.10. The number of fused-ring (bicyclic) bond motifs is 1. The van der Waals surface area contributed by atoms with Gasteiger partial charge in [0.15, 0.2) is 0 Å². The van der Waals surface area contributed by atoms with Crippen molar-refractivity contribution in [3.8, 4) is 0 Å². The fourth-order valence-electron chi connectivity index (χ4n) is 1.87. The van der Waals surface area contributed by atoms with Crippen molar-refractivity contribution in [2.75, 3.05) is 5.32 Å². The molecule has 1 heterocycles. The van der Waals surface area contributed by atoms with Crippen LogP contribution in [0, 0.1) is 0 Å². The van der Waals surface area contributed by atoms with E-state index in [1.807, 2.05) is 6.92 Å². The van der Waals surface area contributed by atoms with Gasteiger partial charge in [-0.25, -0.2) is 4.79 Å². The number of carbonyl (C=O) groups is 2. The second-order valence-corrected chi connectivity index (χ2v) is 3.56. The molecule has 4 heteroatoms. The number of carboxylic acid groups (broad SMARTS) is 1. The summed E-state index contributed by atoms with van der Waals surface area (Å²) in [4.78, 5) is 22.2. The summed E-state index contributed by atoms with van der Waals surface area (Å²) in [5.41, 5.74) is 1.73. The molecule has 0 saturated carbocycles. The van der Waals surface area contributed by atoms with Gasteiger partial charge in [0.2, 0.25) is 5.91 Å². The topological polar surface area (TPSA) is 66.4 Å². The van der Waals surface area contributed by atoms with Crippen molar-refractivity contribution in [3.05, 3.63) is 29.3 Å². The van der Waals surface area contributed by atoms with Crippen LogP contribution in [0.2, 0.25) is 0 Å². The predicted octanol–water partition coefficient (Wildman–Crippen LogP) is 1.83. The Morgan fingerprint density at radius 1 is 1.53 bits per heavy atom. The lowest BCUT2D eigenvalue weighted by Gasteiger charge is -2.04. The highest BCUT2D eigenvalue weighted by Gasteiger charge is 2.29. The Balaban J connectivity index is 2.46. The number of aromatic carboxylic acids is 1. The first-order valence-electron chi connectivity index (χ1n) is 4.81. The highest BCUT2D eigenvalue weighted by atomic mass is 16.4. The Morgan fingerprint density at radius 3 is 2.87 bits per heavy atom. The molecule has 1 unspecified atom stereocenters. The molecule has 0 saturated heterocycles. The molecule has 4 nitrogen and oxygen atoms in total. The van der Waals surface area contributed by atoms with Gasteiger partial charge in [-0.15, -0.1) is 0 Å². The van der Waals surface area contributed by atoms with Crippen LogP contribution in [0.4, 0.5) is 5.69 Å². The van der Waals surface area contributed by atoms with Gasteiger partial charge in [0.05, 0.1) is 11.5 Å². The molecule has 15 heavy (non-hydrogen) atoms. The zero-order chi connectivity index (χ0) is 11.0. The number of carboxylic acids is 1. The minimum Gasteiger partial charge on any atom is -0.478 e. The first-order valence-corrected chi connectivity index (χ1v) is 4.81. The van der Waals surface area contributed by atoms with Gasteiger partial charge in [0.25, 0.3) is 0 Å². The van der Waals surface area contributed by atoms with Crippen LogP contribution < -0.4 is 5.32 Å². The summed E-state index contributed by atoms with van der Waals surface area (Å²) in [5, 5.41) is 11.5. The minimum absolute atomic E-state index is 0.0463. The van der Waals surface area contributed by atoms with Gasteiger partial charge in [-0.05, 0) is 24.1 Å². The fraction of sp³-hybridized carbons (Fsp3) is 0.273. The van der Waals surface area contributed by atoms with Crippen LogP contribution in [0.3, 0.4) is 0 Å². The molecule has 1 aliphatic rings. The number of carbonyl (C=O) groups excluding carboxylic acids is 1. The second-order valence-electron chi connectivity index (χ2n) is 3.56. The molecule has 0 aromatic heterocycles. The van der Waals surface area contributed by atoms with E-state index in [0.29, 0.717) is 5.69 Å². The highest BCUT2D eigenvalue weighted by molar-refractivity contribution is 6.04. The summed E-state index contributed by atoms with van der Waals surface area (Å²) in [5.74, 6) is -1.16.